The van der Waals surface area contributed by atoms with Crippen molar-refractivity contribution in [2.75, 3.05) is 11.5 Å². The van der Waals surface area contributed by atoms with Crippen LogP contribution in [0.4, 0.5) is 5.69 Å². The summed E-state index contributed by atoms with van der Waals surface area (Å²) in [6, 6.07) is 6.69. The molecule has 1 atom stereocenters. The number of hydrogen-bond acceptors (Lipinski definition) is 3. The number of amides is 1. The van der Waals surface area contributed by atoms with Crippen LogP contribution in [0.15, 0.2) is 24.3 Å². The van der Waals surface area contributed by atoms with Crippen molar-refractivity contribution >= 4 is 19.2 Å². The van der Waals surface area contributed by atoms with Gasteiger partial charge >= 0.3 is 7.60 Å². The van der Waals surface area contributed by atoms with E-state index in [9.17, 15) is 9.36 Å². The summed E-state index contributed by atoms with van der Waals surface area (Å²) in [6.45, 7) is 2.19. The van der Waals surface area contributed by atoms with Crippen molar-refractivity contribution in [2.24, 2.45) is 5.73 Å². The van der Waals surface area contributed by atoms with Crippen LogP contribution in [0.5, 0.6) is 0 Å². The molecule has 0 aliphatic carbocycles. The molecule has 0 fully saturated rings. The molecule has 0 saturated carbocycles. The molecule has 0 spiro atoms. The van der Waals surface area contributed by atoms with Crippen LogP contribution in [0, 0.1) is 0 Å². The van der Waals surface area contributed by atoms with Crippen molar-refractivity contribution < 1.29 is 19.1 Å². The third-order valence-corrected chi connectivity index (χ3v) is 4.67. The molecular weight excluding hydrogens is 327 g/mol. The molecule has 0 bridgehead atoms. The average molecular weight is 356 g/mol. The SMILES string of the molecule is CCCCCCCc1cccc(NC(=O)[C@H](N)CCP(=O)(O)O)c1. The third-order valence-electron chi connectivity index (χ3n) is 3.83. The Kier molecular flexibility index (Phi) is 9.22. The van der Waals surface area contributed by atoms with E-state index in [4.69, 9.17) is 15.5 Å². The first kappa shape index (κ1) is 20.8. The third kappa shape index (κ3) is 9.18. The zero-order chi connectivity index (χ0) is 18.0. The highest BCUT2D eigenvalue weighted by molar-refractivity contribution is 7.51. The molecule has 5 N–H and O–H groups in total. The molecule has 0 radical (unpaired) electrons. The smallest absolute Gasteiger partial charge is 0.325 e. The van der Waals surface area contributed by atoms with E-state index in [0.717, 1.165) is 18.4 Å². The van der Waals surface area contributed by atoms with Gasteiger partial charge in [-0.15, -0.1) is 0 Å². The molecule has 0 aliphatic heterocycles. The standard InChI is InChI=1S/C17H29N2O4P/c1-2-3-4-5-6-8-14-9-7-10-15(13-14)19-17(20)16(18)11-12-24(21,22)23/h7,9-10,13,16H,2-6,8,11-12,18H2,1H3,(H,19,20)(H2,21,22,23)/t16-/m1/s1. The van der Waals surface area contributed by atoms with Gasteiger partial charge in [-0.3, -0.25) is 9.36 Å². The van der Waals surface area contributed by atoms with Gasteiger partial charge in [0.05, 0.1) is 12.2 Å². The summed E-state index contributed by atoms with van der Waals surface area (Å²) in [4.78, 5) is 29.7. The minimum atomic E-state index is -4.13. The van der Waals surface area contributed by atoms with Crippen molar-refractivity contribution in [3.8, 4) is 0 Å². The lowest BCUT2D eigenvalue weighted by Gasteiger charge is -2.13. The molecule has 0 saturated heterocycles. The minimum Gasteiger partial charge on any atom is -0.325 e. The van der Waals surface area contributed by atoms with E-state index in [0.29, 0.717) is 5.69 Å². The lowest BCUT2D eigenvalue weighted by Crippen LogP contribution is -2.36. The second-order valence-electron chi connectivity index (χ2n) is 6.14. The van der Waals surface area contributed by atoms with E-state index in [1.165, 1.54) is 25.7 Å². The molecule has 1 aromatic carbocycles. The number of carbonyl (C=O) groups is 1. The number of unbranched alkanes of at least 4 members (excludes halogenated alkanes) is 4. The van der Waals surface area contributed by atoms with Gasteiger partial charge in [-0.25, -0.2) is 0 Å². The summed E-state index contributed by atoms with van der Waals surface area (Å²) >= 11 is 0. The number of nitrogens with two attached hydrogens (primary N) is 1. The fourth-order valence-electron chi connectivity index (χ4n) is 2.41. The molecule has 1 amide bonds. The van der Waals surface area contributed by atoms with Gasteiger partial charge in [0, 0.05) is 5.69 Å². The highest BCUT2D eigenvalue weighted by Crippen LogP contribution is 2.35. The maximum absolute atomic E-state index is 12.0. The van der Waals surface area contributed by atoms with Crippen LogP contribution in [0.3, 0.4) is 0 Å². The molecule has 24 heavy (non-hydrogen) atoms. The summed E-state index contributed by atoms with van der Waals surface area (Å²) in [7, 11) is -4.13. The zero-order valence-electron chi connectivity index (χ0n) is 14.3. The first-order chi connectivity index (χ1) is 11.3. The summed E-state index contributed by atoms with van der Waals surface area (Å²) in [5.74, 6) is -0.427. The maximum Gasteiger partial charge on any atom is 0.325 e. The molecule has 0 aromatic heterocycles. The number of aryl methyl sites for hydroxylation is 1. The number of anilines is 1. The Morgan fingerprint density at radius 1 is 1.25 bits per heavy atom. The molecular formula is C17H29N2O4P. The van der Waals surface area contributed by atoms with Gasteiger partial charge in [-0.1, -0.05) is 44.7 Å². The second-order valence-corrected chi connectivity index (χ2v) is 7.91. The predicted molar refractivity (Wildman–Crippen MR) is 97.0 cm³/mol. The molecule has 0 heterocycles. The van der Waals surface area contributed by atoms with Crippen molar-refractivity contribution in [1.29, 1.82) is 0 Å². The number of nitrogens with one attached hydrogen (secondary N) is 1. The predicted octanol–water partition coefficient (Wildman–Crippen LogP) is 3.03. The minimum absolute atomic E-state index is 0.0484. The van der Waals surface area contributed by atoms with Gasteiger partial charge in [-0.2, -0.15) is 0 Å². The van der Waals surface area contributed by atoms with Gasteiger partial charge < -0.3 is 20.8 Å². The first-order valence-electron chi connectivity index (χ1n) is 8.52. The van der Waals surface area contributed by atoms with E-state index in [1.807, 2.05) is 18.2 Å². The number of carbonyl (C=O) groups excluding carboxylic acids is 1. The summed E-state index contributed by atoms with van der Waals surface area (Å²) in [6.07, 6.45) is 6.61. The Morgan fingerprint density at radius 3 is 2.62 bits per heavy atom. The molecule has 136 valence electrons. The Morgan fingerprint density at radius 2 is 1.96 bits per heavy atom. The maximum atomic E-state index is 12.0. The summed E-state index contributed by atoms with van der Waals surface area (Å²) in [5, 5.41) is 2.71. The van der Waals surface area contributed by atoms with Crippen LogP contribution >= 0.6 is 7.60 Å². The van der Waals surface area contributed by atoms with Gasteiger partial charge in [0.2, 0.25) is 5.91 Å². The van der Waals surface area contributed by atoms with Crippen molar-refractivity contribution in [3.05, 3.63) is 29.8 Å². The van der Waals surface area contributed by atoms with Crippen molar-refractivity contribution in [3.63, 3.8) is 0 Å². The van der Waals surface area contributed by atoms with Crippen LogP contribution in [-0.2, 0) is 15.8 Å². The molecule has 7 heteroatoms. The zero-order valence-corrected chi connectivity index (χ0v) is 15.2. The van der Waals surface area contributed by atoms with E-state index in [-0.39, 0.29) is 12.6 Å². The molecule has 1 aromatic rings. The topological polar surface area (TPSA) is 113 Å². The molecule has 0 unspecified atom stereocenters. The highest BCUT2D eigenvalue weighted by Gasteiger charge is 2.20. The van der Waals surface area contributed by atoms with E-state index in [2.05, 4.69) is 12.2 Å². The van der Waals surface area contributed by atoms with Gasteiger partial charge in [0.25, 0.3) is 0 Å². The number of hydrogen-bond donors (Lipinski definition) is 4. The number of rotatable bonds is 11. The summed E-state index contributed by atoms with van der Waals surface area (Å²) in [5.41, 5.74) is 7.51. The first-order valence-corrected chi connectivity index (χ1v) is 10.3. The number of benzene rings is 1. The fraction of sp³-hybridized carbons (Fsp3) is 0.588. The Labute approximate surface area is 144 Å². The lowest BCUT2D eigenvalue weighted by molar-refractivity contribution is -0.117. The summed E-state index contributed by atoms with van der Waals surface area (Å²) < 4.78 is 10.8. The average Bonchev–Trinajstić information content (AvgIpc) is 2.52. The Balaban J connectivity index is 2.45. The highest BCUT2D eigenvalue weighted by atomic mass is 31.2. The quantitative estimate of drug-likeness (QED) is 0.360. The lowest BCUT2D eigenvalue weighted by atomic mass is 10.0. The largest absolute Gasteiger partial charge is 0.325 e. The normalized spacial score (nSPS) is 12.8. The van der Waals surface area contributed by atoms with E-state index < -0.39 is 19.5 Å². The van der Waals surface area contributed by atoms with Crippen LogP contribution < -0.4 is 11.1 Å². The molecule has 6 nitrogen and oxygen atoms in total. The van der Waals surface area contributed by atoms with E-state index >= 15 is 0 Å². The monoisotopic (exact) mass is 356 g/mol. The van der Waals surface area contributed by atoms with Gasteiger partial charge in [0.1, 0.15) is 0 Å². The van der Waals surface area contributed by atoms with Gasteiger partial charge in [-0.05, 0) is 37.0 Å². The van der Waals surface area contributed by atoms with Crippen LogP contribution in [0.1, 0.15) is 51.0 Å². The Hall–Kier alpha value is -1.20. The van der Waals surface area contributed by atoms with Crippen molar-refractivity contribution in [1.82, 2.24) is 0 Å². The fourth-order valence-corrected chi connectivity index (χ4v) is 3.03. The van der Waals surface area contributed by atoms with Crippen molar-refractivity contribution in [2.45, 2.75) is 57.9 Å². The van der Waals surface area contributed by atoms with Crippen LogP contribution in [-0.4, -0.2) is 27.9 Å². The second kappa shape index (κ2) is 10.6. The Bertz CT molecular complexity index is 559. The molecule has 1 rings (SSSR count). The molecule has 0 aliphatic rings. The van der Waals surface area contributed by atoms with Crippen LogP contribution in [0.2, 0.25) is 0 Å². The van der Waals surface area contributed by atoms with Gasteiger partial charge in [0.15, 0.2) is 0 Å². The van der Waals surface area contributed by atoms with Crippen LogP contribution in [0.25, 0.3) is 0 Å². The van der Waals surface area contributed by atoms with E-state index in [1.54, 1.807) is 6.07 Å².